The first kappa shape index (κ1) is 18.1. The zero-order valence-corrected chi connectivity index (χ0v) is 16.2. The predicted molar refractivity (Wildman–Crippen MR) is 108 cm³/mol. The zero-order valence-electron chi connectivity index (χ0n) is 15.4. The molecule has 3 aromatic rings. The lowest BCUT2D eigenvalue weighted by Gasteiger charge is -2.10. The predicted octanol–water partition coefficient (Wildman–Crippen LogP) is 4.41. The molecule has 2 heterocycles. The summed E-state index contributed by atoms with van der Waals surface area (Å²) in [6.07, 6.45) is 1.57. The first-order valence-corrected chi connectivity index (χ1v) is 9.69. The van der Waals surface area contributed by atoms with Crippen LogP contribution in [0.5, 0.6) is 11.5 Å². The summed E-state index contributed by atoms with van der Waals surface area (Å²) in [4.78, 5) is 25.7. The number of fused-ring (bicyclic) bond motifs is 2. The van der Waals surface area contributed by atoms with E-state index >= 15 is 0 Å². The fraction of sp³-hybridized carbons (Fsp3) is 0.200. The minimum Gasteiger partial charge on any atom is -0.454 e. The maximum Gasteiger partial charge on any atom is 0.269 e. The van der Waals surface area contributed by atoms with Gasteiger partial charge in [0.1, 0.15) is 10.6 Å². The van der Waals surface area contributed by atoms with Crippen LogP contribution in [0.3, 0.4) is 0 Å². The Morgan fingerprint density at radius 1 is 1.21 bits per heavy atom. The Hall–Kier alpha value is -3.26. The van der Waals surface area contributed by atoms with Gasteiger partial charge in [-0.25, -0.2) is 0 Å². The van der Waals surface area contributed by atoms with Crippen LogP contribution in [-0.2, 0) is 6.42 Å². The summed E-state index contributed by atoms with van der Waals surface area (Å²) in [7, 11) is 0. The van der Waals surface area contributed by atoms with Gasteiger partial charge in [-0.15, -0.1) is 5.10 Å². The number of hydrogen-bond acceptors (Lipinski definition) is 6. The molecule has 0 spiro atoms. The van der Waals surface area contributed by atoms with E-state index < -0.39 is 0 Å². The van der Waals surface area contributed by atoms with E-state index in [1.807, 2.05) is 32.0 Å². The number of ether oxygens (including phenoxy) is 1. The number of aryl methyl sites for hydroxylation is 2. The standard InChI is InChI=1S/C20H18N4O3S/c1-3-4-14-18(28-24-23-14)20(26)21-12-6-8-16-13(10-12)19(25)22-15-9-11(2)5-7-17(15)27-16/h5-10H,3-4H2,1-2H3,(H,21,26)(H,22,25). The van der Waals surface area contributed by atoms with E-state index in [9.17, 15) is 9.59 Å². The molecule has 0 unspecified atom stereocenters. The van der Waals surface area contributed by atoms with Crippen LogP contribution in [0.4, 0.5) is 11.4 Å². The molecule has 0 atom stereocenters. The van der Waals surface area contributed by atoms with Crippen molar-refractivity contribution in [2.24, 2.45) is 0 Å². The Labute approximate surface area is 165 Å². The van der Waals surface area contributed by atoms with E-state index in [0.717, 1.165) is 23.5 Å². The van der Waals surface area contributed by atoms with Crippen molar-refractivity contribution in [1.82, 2.24) is 9.59 Å². The number of anilines is 2. The fourth-order valence-electron chi connectivity index (χ4n) is 2.98. The van der Waals surface area contributed by atoms with Crippen molar-refractivity contribution in [3.63, 3.8) is 0 Å². The number of nitrogens with zero attached hydrogens (tertiary/aromatic N) is 2. The van der Waals surface area contributed by atoms with Gasteiger partial charge in [-0.1, -0.05) is 23.9 Å². The normalized spacial score (nSPS) is 12.3. The molecule has 0 fully saturated rings. The third kappa shape index (κ3) is 3.46. The minimum absolute atomic E-state index is 0.285. The molecule has 0 bridgehead atoms. The lowest BCUT2D eigenvalue weighted by atomic mass is 10.1. The van der Waals surface area contributed by atoms with Gasteiger partial charge in [-0.2, -0.15) is 0 Å². The molecule has 1 aliphatic heterocycles. The Balaban J connectivity index is 1.60. The van der Waals surface area contributed by atoms with Gasteiger partial charge >= 0.3 is 0 Å². The van der Waals surface area contributed by atoms with Crippen LogP contribution >= 0.6 is 11.5 Å². The van der Waals surface area contributed by atoms with Crippen LogP contribution in [-0.4, -0.2) is 21.4 Å². The number of carbonyl (C=O) groups is 2. The summed E-state index contributed by atoms with van der Waals surface area (Å²) >= 11 is 1.07. The molecule has 0 saturated heterocycles. The van der Waals surface area contributed by atoms with Gasteiger partial charge in [0.15, 0.2) is 5.75 Å². The Kier molecular flexibility index (Phi) is 4.79. The molecule has 142 valence electrons. The molecular weight excluding hydrogens is 376 g/mol. The average Bonchev–Trinajstić information content (AvgIpc) is 3.08. The van der Waals surface area contributed by atoms with Gasteiger partial charge in [0, 0.05) is 5.69 Å². The molecule has 2 amide bonds. The number of carbonyl (C=O) groups excluding carboxylic acids is 2. The molecule has 0 aliphatic carbocycles. The number of nitrogens with one attached hydrogen (secondary N) is 2. The van der Waals surface area contributed by atoms with Crippen molar-refractivity contribution in [3.8, 4) is 11.5 Å². The summed E-state index contributed by atoms with van der Waals surface area (Å²) in [5, 5.41) is 9.70. The van der Waals surface area contributed by atoms with Crippen molar-refractivity contribution >= 4 is 34.7 Å². The molecule has 4 rings (SSSR count). The Bertz CT molecular complexity index is 1080. The first-order valence-electron chi connectivity index (χ1n) is 8.91. The van der Waals surface area contributed by atoms with Gasteiger partial charge in [0.05, 0.1) is 16.9 Å². The maximum atomic E-state index is 12.7. The molecule has 0 saturated carbocycles. The second-order valence-electron chi connectivity index (χ2n) is 6.52. The summed E-state index contributed by atoms with van der Waals surface area (Å²) < 4.78 is 9.77. The van der Waals surface area contributed by atoms with Gasteiger partial charge in [-0.3, -0.25) is 9.59 Å². The molecular formula is C20H18N4O3S. The van der Waals surface area contributed by atoms with Crippen LogP contribution in [0.25, 0.3) is 0 Å². The SMILES string of the molecule is CCCc1nnsc1C(=O)Nc1ccc2c(c1)C(=O)Nc1cc(C)ccc1O2. The number of amides is 2. The van der Waals surface area contributed by atoms with Crippen LogP contribution in [0.15, 0.2) is 36.4 Å². The summed E-state index contributed by atoms with van der Waals surface area (Å²) in [5.74, 6) is 0.437. The third-order valence-electron chi connectivity index (χ3n) is 4.33. The van der Waals surface area contributed by atoms with Gasteiger partial charge < -0.3 is 15.4 Å². The lowest BCUT2D eigenvalue weighted by molar-refractivity contribution is 0.101. The van der Waals surface area contributed by atoms with Crippen molar-refractivity contribution in [2.45, 2.75) is 26.7 Å². The molecule has 2 aromatic carbocycles. The van der Waals surface area contributed by atoms with E-state index in [1.54, 1.807) is 18.2 Å². The van der Waals surface area contributed by atoms with Crippen LogP contribution in [0, 0.1) is 6.92 Å². The largest absolute Gasteiger partial charge is 0.454 e. The Morgan fingerprint density at radius 2 is 2.04 bits per heavy atom. The highest BCUT2D eigenvalue weighted by Gasteiger charge is 2.22. The van der Waals surface area contributed by atoms with E-state index in [2.05, 4.69) is 20.2 Å². The Morgan fingerprint density at radius 3 is 2.86 bits per heavy atom. The average molecular weight is 394 g/mol. The topological polar surface area (TPSA) is 93.2 Å². The molecule has 8 heteroatoms. The molecule has 1 aliphatic rings. The van der Waals surface area contributed by atoms with E-state index in [-0.39, 0.29) is 11.8 Å². The third-order valence-corrected chi connectivity index (χ3v) is 5.10. The summed E-state index contributed by atoms with van der Waals surface area (Å²) in [6, 6.07) is 10.6. The number of benzene rings is 2. The molecule has 2 N–H and O–H groups in total. The van der Waals surface area contributed by atoms with Gasteiger partial charge in [-0.05, 0) is 60.8 Å². The molecule has 0 radical (unpaired) electrons. The summed E-state index contributed by atoms with van der Waals surface area (Å²) in [5.41, 5.74) is 3.17. The van der Waals surface area contributed by atoms with Gasteiger partial charge in [0.25, 0.3) is 11.8 Å². The highest BCUT2D eigenvalue weighted by Crippen LogP contribution is 2.37. The quantitative estimate of drug-likeness (QED) is 0.684. The summed E-state index contributed by atoms with van der Waals surface area (Å²) in [6.45, 7) is 3.96. The molecule has 28 heavy (non-hydrogen) atoms. The van der Waals surface area contributed by atoms with Crippen molar-refractivity contribution in [2.75, 3.05) is 10.6 Å². The van der Waals surface area contributed by atoms with Gasteiger partial charge in [0.2, 0.25) is 0 Å². The van der Waals surface area contributed by atoms with E-state index in [0.29, 0.717) is 45.4 Å². The van der Waals surface area contributed by atoms with E-state index in [4.69, 9.17) is 4.74 Å². The molecule has 1 aromatic heterocycles. The second-order valence-corrected chi connectivity index (χ2v) is 7.27. The van der Waals surface area contributed by atoms with Crippen molar-refractivity contribution < 1.29 is 14.3 Å². The van der Waals surface area contributed by atoms with Crippen LogP contribution in [0.2, 0.25) is 0 Å². The smallest absolute Gasteiger partial charge is 0.269 e. The molecule has 7 nitrogen and oxygen atoms in total. The monoisotopic (exact) mass is 394 g/mol. The van der Waals surface area contributed by atoms with Crippen molar-refractivity contribution in [1.29, 1.82) is 0 Å². The maximum absolute atomic E-state index is 12.7. The lowest BCUT2D eigenvalue weighted by Crippen LogP contribution is -2.14. The second kappa shape index (κ2) is 7.40. The number of rotatable bonds is 4. The van der Waals surface area contributed by atoms with Crippen LogP contribution in [0.1, 0.15) is 44.6 Å². The first-order chi connectivity index (χ1) is 13.5. The zero-order chi connectivity index (χ0) is 19.7. The highest BCUT2D eigenvalue weighted by molar-refractivity contribution is 7.08. The van der Waals surface area contributed by atoms with Crippen LogP contribution < -0.4 is 15.4 Å². The minimum atomic E-state index is -0.290. The number of aromatic nitrogens is 2. The van der Waals surface area contributed by atoms with E-state index in [1.165, 1.54) is 0 Å². The van der Waals surface area contributed by atoms with Crippen molar-refractivity contribution in [3.05, 3.63) is 58.1 Å². The fourth-order valence-corrected chi connectivity index (χ4v) is 3.59. The number of hydrogen-bond donors (Lipinski definition) is 2. The highest BCUT2D eigenvalue weighted by atomic mass is 32.1.